The maximum Gasteiger partial charge on any atom is 0.324 e. The number of nitrogens with one attached hydrogen (secondary N) is 1. The summed E-state index contributed by atoms with van der Waals surface area (Å²) in [6.07, 6.45) is 3.87. The molecule has 0 spiro atoms. The second-order valence-corrected chi connectivity index (χ2v) is 5.47. The third-order valence-corrected chi connectivity index (χ3v) is 4.24. The summed E-state index contributed by atoms with van der Waals surface area (Å²) in [5.74, 6) is -0.272. The van der Waals surface area contributed by atoms with E-state index in [0.717, 1.165) is 37.0 Å². The van der Waals surface area contributed by atoms with Crippen LogP contribution < -0.4 is 11.1 Å². The molecular weight excluding hydrogens is 254 g/mol. The fourth-order valence-corrected chi connectivity index (χ4v) is 2.99. The maximum atomic E-state index is 12.0. The Morgan fingerprint density at radius 2 is 2.22 bits per heavy atom. The summed E-state index contributed by atoms with van der Waals surface area (Å²) in [4.78, 5) is 22.1. The summed E-state index contributed by atoms with van der Waals surface area (Å²) in [6, 6.07) is 1.30. The number of hydrogen-bond donors (Lipinski definition) is 2. The number of nitrogens with zero attached hydrogens (tertiary/aromatic N) is 1. The Bertz CT molecular complexity index is 466. The van der Waals surface area contributed by atoms with Gasteiger partial charge in [0.25, 0.3) is 5.91 Å². The van der Waals surface area contributed by atoms with Crippen LogP contribution >= 0.6 is 11.3 Å². The van der Waals surface area contributed by atoms with Crippen molar-refractivity contribution in [3.8, 4) is 0 Å². The molecule has 0 aliphatic heterocycles. The van der Waals surface area contributed by atoms with Crippen molar-refractivity contribution in [2.45, 2.75) is 31.2 Å². The predicted octanol–water partition coefficient (Wildman–Crippen LogP) is 1.66. The molecule has 1 amide bonds. The Hall–Kier alpha value is -1.47. The van der Waals surface area contributed by atoms with E-state index in [1.807, 2.05) is 0 Å². The van der Waals surface area contributed by atoms with Crippen molar-refractivity contribution in [2.75, 3.05) is 6.54 Å². The summed E-state index contributed by atoms with van der Waals surface area (Å²) in [7, 11) is 0. The van der Waals surface area contributed by atoms with E-state index in [1.54, 1.807) is 0 Å². The fourth-order valence-electron chi connectivity index (χ4n) is 2.28. The lowest BCUT2D eigenvalue weighted by Crippen LogP contribution is -2.51. The molecule has 1 fully saturated rings. The Morgan fingerprint density at radius 1 is 1.56 bits per heavy atom. The minimum atomic E-state index is -0.490. The smallest absolute Gasteiger partial charge is 0.324 e. The van der Waals surface area contributed by atoms with Crippen LogP contribution in [0.15, 0.2) is 11.4 Å². The Balaban J connectivity index is 2.09. The normalized spacial score (nSPS) is 17.6. The van der Waals surface area contributed by atoms with Gasteiger partial charge in [0, 0.05) is 18.0 Å². The molecule has 1 aliphatic rings. The quantitative estimate of drug-likeness (QED) is 0.641. The lowest BCUT2D eigenvalue weighted by Gasteiger charge is -2.28. The average Bonchev–Trinajstić information content (AvgIpc) is 2.98. The second-order valence-electron chi connectivity index (χ2n) is 4.58. The third-order valence-electron chi connectivity index (χ3n) is 3.36. The molecule has 0 saturated heterocycles. The molecule has 1 aromatic heterocycles. The highest BCUT2D eigenvalue weighted by Crippen LogP contribution is 2.29. The molecule has 7 heteroatoms. The molecule has 0 unspecified atom stereocenters. The van der Waals surface area contributed by atoms with Crippen molar-refractivity contribution in [1.29, 1.82) is 0 Å². The summed E-state index contributed by atoms with van der Waals surface area (Å²) in [5, 5.41) is 15.0. The van der Waals surface area contributed by atoms with E-state index in [4.69, 9.17) is 5.73 Å². The molecule has 18 heavy (non-hydrogen) atoms. The van der Waals surface area contributed by atoms with Gasteiger partial charge in [-0.05, 0) is 12.8 Å². The van der Waals surface area contributed by atoms with Crippen molar-refractivity contribution in [1.82, 2.24) is 5.32 Å². The number of nitrogens with two attached hydrogens (primary N) is 1. The van der Waals surface area contributed by atoms with Gasteiger partial charge in [-0.3, -0.25) is 14.9 Å². The molecule has 98 valence electrons. The van der Waals surface area contributed by atoms with E-state index in [-0.39, 0.29) is 16.4 Å². The molecule has 1 saturated carbocycles. The fraction of sp³-hybridized carbons (Fsp3) is 0.545. The molecule has 3 N–H and O–H groups in total. The zero-order valence-electron chi connectivity index (χ0n) is 9.85. The van der Waals surface area contributed by atoms with Gasteiger partial charge in [0.2, 0.25) is 0 Å². The first-order valence-corrected chi connectivity index (χ1v) is 6.70. The van der Waals surface area contributed by atoms with Crippen molar-refractivity contribution in [3.05, 3.63) is 27.1 Å². The number of carbonyl (C=O) groups excluding carboxylic acids is 1. The summed E-state index contributed by atoms with van der Waals surface area (Å²) < 4.78 is 0. The van der Waals surface area contributed by atoms with E-state index in [0.29, 0.717) is 12.1 Å². The van der Waals surface area contributed by atoms with Crippen LogP contribution in [0.25, 0.3) is 0 Å². The number of nitro groups is 1. The lowest BCUT2D eigenvalue weighted by molar-refractivity contribution is -0.380. The van der Waals surface area contributed by atoms with Crippen molar-refractivity contribution in [3.63, 3.8) is 0 Å². The Kier molecular flexibility index (Phi) is 3.63. The van der Waals surface area contributed by atoms with Gasteiger partial charge in [0.1, 0.15) is 0 Å². The largest absolute Gasteiger partial charge is 0.345 e. The van der Waals surface area contributed by atoms with Crippen molar-refractivity contribution < 1.29 is 9.72 Å². The van der Waals surface area contributed by atoms with Crippen molar-refractivity contribution >= 4 is 22.2 Å². The first-order valence-electron chi connectivity index (χ1n) is 5.82. The Morgan fingerprint density at radius 3 is 2.72 bits per heavy atom. The van der Waals surface area contributed by atoms with Crippen LogP contribution in [0.2, 0.25) is 0 Å². The molecule has 0 aromatic carbocycles. The minimum Gasteiger partial charge on any atom is -0.345 e. The van der Waals surface area contributed by atoms with Crippen LogP contribution in [0.5, 0.6) is 0 Å². The van der Waals surface area contributed by atoms with E-state index in [9.17, 15) is 14.9 Å². The summed E-state index contributed by atoms with van der Waals surface area (Å²) >= 11 is 0.959. The molecule has 0 radical (unpaired) electrons. The number of thiophene rings is 1. The van der Waals surface area contributed by atoms with Gasteiger partial charge in [-0.1, -0.05) is 24.2 Å². The highest BCUT2D eigenvalue weighted by Gasteiger charge is 2.34. The standard InChI is InChI=1S/C11H15N3O3S/c12-7-11(3-1-2-4-11)13-10(15)8-5-9(14(16)17)18-6-8/h5-6H,1-4,7,12H2,(H,13,15). The van der Waals surface area contributed by atoms with Crippen LogP contribution in [-0.4, -0.2) is 22.9 Å². The van der Waals surface area contributed by atoms with Crippen LogP contribution in [-0.2, 0) is 0 Å². The molecule has 1 aromatic rings. The number of amides is 1. The highest BCUT2D eigenvalue weighted by atomic mass is 32.1. The van der Waals surface area contributed by atoms with Crippen molar-refractivity contribution in [2.24, 2.45) is 5.73 Å². The molecule has 0 atom stereocenters. The van der Waals surface area contributed by atoms with E-state index >= 15 is 0 Å². The lowest BCUT2D eigenvalue weighted by atomic mass is 9.97. The highest BCUT2D eigenvalue weighted by molar-refractivity contribution is 7.13. The molecule has 1 aliphatic carbocycles. The maximum absolute atomic E-state index is 12.0. The molecular formula is C11H15N3O3S. The average molecular weight is 269 g/mol. The SMILES string of the molecule is NCC1(NC(=O)c2csc([N+](=O)[O-])c2)CCCC1. The van der Waals surface area contributed by atoms with Crippen LogP contribution in [0.3, 0.4) is 0 Å². The van der Waals surface area contributed by atoms with E-state index in [2.05, 4.69) is 5.32 Å². The monoisotopic (exact) mass is 269 g/mol. The van der Waals surface area contributed by atoms with E-state index in [1.165, 1.54) is 11.4 Å². The summed E-state index contributed by atoms with van der Waals surface area (Å²) in [5.41, 5.74) is 5.74. The van der Waals surface area contributed by atoms with Gasteiger partial charge < -0.3 is 11.1 Å². The van der Waals surface area contributed by atoms with Gasteiger partial charge in [-0.15, -0.1) is 0 Å². The minimum absolute atomic E-state index is 0.0200. The zero-order valence-corrected chi connectivity index (χ0v) is 10.7. The first-order chi connectivity index (χ1) is 8.56. The van der Waals surface area contributed by atoms with Crippen LogP contribution in [0.4, 0.5) is 5.00 Å². The third kappa shape index (κ3) is 2.51. The number of rotatable bonds is 4. The van der Waals surface area contributed by atoms with Gasteiger partial charge in [0.15, 0.2) is 0 Å². The molecule has 6 nitrogen and oxygen atoms in total. The number of carbonyl (C=O) groups is 1. The number of hydrogen-bond acceptors (Lipinski definition) is 5. The molecule has 0 bridgehead atoms. The molecule has 1 heterocycles. The topological polar surface area (TPSA) is 98.3 Å². The zero-order chi connectivity index (χ0) is 13.2. The molecule has 2 rings (SSSR count). The second kappa shape index (κ2) is 5.03. The summed E-state index contributed by atoms with van der Waals surface area (Å²) in [6.45, 7) is 0.408. The van der Waals surface area contributed by atoms with Gasteiger partial charge in [0.05, 0.1) is 16.0 Å². The van der Waals surface area contributed by atoms with Gasteiger partial charge >= 0.3 is 5.00 Å². The van der Waals surface area contributed by atoms with Gasteiger partial charge in [-0.25, -0.2) is 0 Å². The van der Waals surface area contributed by atoms with E-state index < -0.39 is 4.92 Å². The first kappa shape index (κ1) is 13.0. The van der Waals surface area contributed by atoms with Crippen LogP contribution in [0, 0.1) is 10.1 Å². The Labute approximate surface area is 108 Å². The predicted molar refractivity (Wildman–Crippen MR) is 68.7 cm³/mol. The van der Waals surface area contributed by atoms with Crippen LogP contribution in [0.1, 0.15) is 36.0 Å². The van der Waals surface area contributed by atoms with Gasteiger partial charge in [-0.2, -0.15) is 0 Å².